The normalized spacial score (nSPS) is 30.6. The zero-order chi connectivity index (χ0) is 17.9. The third-order valence-electron chi connectivity index (χ3n) is 4.67. The van der Waals surface area contributed by atoms with Gasteiger partial charge in [-0.25, -0.2) is 4.79 Å². The van der Waals surface area contributed by atoms with Crippen LogP contribution in [0.15, 0.2) is 0 Å². The smallest absolute Gasteiger partial charge is 0.411 e. The van der Waals surface area contributed by atoms with Gasteiger partial charge < -0.3 is 19.7 Å². The van der Waals surface area contributed by atoms with Crippen LogP contribution in [0.4, 0.5) is 4.79 Å². The van der Waals surface area contributed by atoms with Gasteiger partial charge in [-0.05, 0) is 46.0 Å². The van der Waals surface area contributed by atoms with E-state index in [2.05, 4.69) is 0 Å². The number of ether oxygens (including phenoxy) is 2. The Kier molecular flexibility index (Phi) is 6.22. The van der Waals surface area contributed by atoms with Gasteiger partial charge in [0.2, 0.25) is 0 Å². The highest BCUT2D eigenvalue weighted by molar-refractivity contribution is 5.89. The molecule has 24 heavy (non-hydrogen) atoms. The Balaban J connectivity index is 2.19. The SMILES string of the molecule is CC(C)(C)OC(=O)N1C[C@@H]2C[C@H](CCO)CCO[C@H]2[C@H]1C(=O)CO. The number of carbonyl (C=O) groups excluding carboxylic acids is 2. The Bertz CT molecular complexity index is 460. The standard InChI is InChI=1S/C17H29NO6/c1-17(2,3)24-16(22)18-9-12-8-11(4-6-19)5-7-23-15(12)14(18)13(21)10-20/h11-12,14-15,19-20H,4-10H2,1-3H3/t11-,12+,14-,15-/m1/s1. The molecule has 2 saturated heterocycles. The molecule has 7 heteroatoms. The van der Waals surface area contributed by atoms with Crippen LogP contribution in [0.1, 0.15) is 40.0 Å². The van der Waals surface area contributed by atoms with Crippen molar-refractivity contribution < 1.29 is 29.3 Å². The van der Waals surface area contributed by atoms with E-state index < -0.39 is 36.2 Å². The summed E-state index contributed by atoms with van der Waals surface area (Å²) in [5.41, 5.74) is -0.658. The molecule has 0 radical (unpaired) electrons. The van der Waals surface area contributed by atoms with Gasteiger partial charge in [0.1, 0.15) is 18.2 Å². The first-order valence-electron chi connectivity index (χ1n) is 8.62. The quantitative estimate of drug-likeness (QED) is 0.789. The first kappa shape index (κ1) is 19.1. The fraction of sp³-hybridized carbons (Fsp3) is 0.882. The molecule has 0 bridgehead atoms. The van der Waals surface area contributed by atoms with Gasteiger partial charge in [-0.3, -0.25) is 9.69 Å². The van der Waals surface area contributed by atoms with Crippen molar-refractivity contribution in [3.8, 4) is 0 Å². The molecule has 2 heterocycles. The average molecular weight is 343 g/mol. The summed E-state index contributed by atoms with van der Waals surface area (Å²) in [7, 11) is 0. The lowest BCUT2D eigenvalue weighted by atomic mass is 9.88. The summed E-state index contributed by atoms with van der Waals surface area (Å²) in [5, 5.41) is 18.5. The molecule has 1 amide bonds. The van der Waals surface area contributed by atoms with E-state index in [1.54, 1.807) is 20.8 Å². The maximum absolute atomic E-state index is 12.5. The summed E-state index contributed by atoms with van der Waals surface area (Å²) < 4.78 is 11.3. The van der Waals surface area contributed by atoms with E-state index >= 15 is 0 Å². The van der Waals surface area contributed by atoms with E-state index in [1.165, 1.54) is 4.90 Å². The number of fused-ring (bicyclic) bond motifs is 1. The van der Waals surface area contributed by atoms with Gasteiger partial charge in [0.15, 0.2) is 5.78 Å². The molecule has 0 unspecified atom stereocenters. The second-order valence-corrected chi connectivity index (χ2v) is 7.70. The van der Waals surface area contributed by atoms with Crippen LogP contribution in [-0.4, -0.2) is 71.1 Å². The van der Waals surface area contributed by atoms with Crippen molar-refractivity contribution in [1.82, 2.24) is 4.90 Å². The molecule has 2 fully saturated rings. The number of hydrogen-bond acceptors (Lipinski definition) is 6. The monoisotopic (exact) mass is 343 g/mol. The van der Waals surface area contributed by atoms with Gasteiger partial charge in [-0.1, -0.05) is 0 Å². The minimum absolute atomic E-state index is 0.0112. The molecule has 2 aliphatic heterocycles. The van der Waals surface area contributed by atoms with Crippen molar-refractivity contribution in [2.24, 2.45) is 11.8 Å². The van der Waals surface area contributed by atoms with Crippen LogP contribution >= 0.6 is 0 Å². The van der Waals surface area contributed by atoms with E-state index in [-0.39, 0.29) is 12.5 Å². The second kappa shape index (κ2) is 7.80. The van der Waals surface area contributed by atoms with E-state index in [9.17, 15) is 19.8 Å². The van der Waals surface area contributed by atoms with Crippen LogP contribution in [0.25, 0.3) is 0 Å². The lowest BCUT2D eigenvalue weighted by Crippen LogP contribution is -2.48. The average Bonchev–Trinajstić information content (AvgIpc) is 2.72. The largest absolute Gasteiger partial charge is 0.444 e. The lowest BCUT2D eigenvalue weighted by Gasteiger charge is -2.29. The summed E-state index contributed by atoms with van der Waals surface area (Å²) in [6.07, 6.45) is 1.35. The van der Waals surface area contributed by atoms with Crippen molar-refractivity contribution in [2.75, 3.05) is 26.4 Å². The number of nitrogens with zero attached hydrogens (tertiary/aromatic N) is 1. The van der Waals surface area contributed by atoms with Crippen LogP contribution in [0.3, 0.4) is 0 Å². The van der Waals surface area contributed by atoms with Crippen LogP contribution < -0.4 is 0 Å². The zero-order valence-electron chi connectivity index (χ0n) is 14.7. The van der Waals surface area contributed by atoms with Crippen molar-refractivity contribution in [2.45, 2.75) is 57.8 Å². The molecule has 138 valence electrons. The Morgan fingerprint density at radius 3 is 2.58 bits per heavy atom. The Labute approximate surface area is 142 Å². The van der Waals surface area contributed by atoms with Crippen molar-refractivity contribution in [3.63, 3.8) is 0 Å². The maximum atomic E-state index is 12.5. The highest BCUT2D eigenvalue weighted by Crippen LogP contribution is 2.37. The number of hydrogen-bond donors (Lipinski definition) is 2. The Hall–Kier alpha value is -1.18. The zero-order valence-corrected chi connectivity index (χ0v) is 14.7. The lowest BCUT2D eigenvalue weighted by molar-refractivity contribution is -0.130. The number of Topliss-reactive ketones (excluding diaryl/α,β-unsaturated/α-hetero) is 1. The van der Waals surface area contributed by atoms with E-state index in [1.807, 2.05) is 0 Å². The van der Waals surface area contributed by atoms with E-state index in [0.29, 0.717) is 25.5 Å². The molecule has 0 saturated carbocycles. The number of likely N-dealkylation sites (tertiary alicyclic amines) is 1. The fourth-order valence-electron chi connectivity index (χ4n) is 3.66. The molecule has 2 N–H and O–H groups in total. The first-order chi connectivity index (χ1) is 11.3. The summed E-state index contributed by atoms with van der Waals surface area (Å²) >= 11 is 0. The van der Waals surface area contributed by atoms with Crippen molar-refractivity contribution >= 4 is 11.9 Å². The minimum Gasteiger partial charge on any atom is -0.444 e. The molecular formula is C17H29NO6. The summed E-state index contributed by atoms with van der Waals surface area (Å²) in [5.74, 6) is -0.0977. The van der Waals surface area contributed by atoms with E-state index in [0.717, 1.165) is 12.8 Å². The first-order valence-corrected chi connectivity index (χ1v) is 8.62. The molecule has 2 rings (SSSR count). The molecule has 7 nitrogen and oxygen atoms in total. The highest BCUT2D eigenvalue weighted by atomic mass is 16.6. The predicted octanol–water partition coefficient (Wildman–Crippen LogP) is 0.961. The summed E-state index contributed by atoms with van der Waals surface area (Å²) in [6.45, 7) is 5.68. The van der Waals surface area contributed by atoms with Crippen LogP contribution in [0.5, 0.6) is 0 Å². The summed E-state index contributed by atoms with van der Waals surface area (Å²) in [4.78, 5) is 26.2. The van der Waals surface area contributed by atoms with Crippen LogP contribution in [-0.2, 0) is 14.3 Å². The van der Waals surface area contributed by atoms with Gasteiger partial charge in [-0.2, -0.15) is 0 Å². The molecule has 0 aliphatic carbocycles. The molecule has 4 atom stereocenters. The third-order valence-corrected chi connectivity index (χ3v) is 4.67. The molecular weight excluding hydrogens is 314 g/mol. The van der Waals surface area contributed by atoms with Gasteiger partial charge in [-0.15, -0.1) is 0 Å². The fourth-order valence-corrected chi connectivity index (χ4v) is 3.66. The molecule has 2 aliphatic rings. The molecule has 0 aromatic heterocycles. The van der Waals surface area contributed by atoms with Crippen molar-refractivity contribution in [3.05, 3.63) is 0 Å². The minimum atomic E-state index is -0.803. The number of ketones is 1. The highest BCUT2D eigenvalue weighted by Gasteiger charge is 2.50. The Morgan fingerprint density at radius 2 is 2.00 bits per heavy atom. The van der Waals surface area contributed by atoms with Gasteiger partial charge in [0, 0.05) is 25.7 Å². The predicted molar refractivity (Wildman–Crippen MR) is 86.5 cm³/mol. The van der Waals surface area contributed by atoms with Crippen molar-refractivity contribution in [1.29, 1.82) is 0 Å². The van der Waals surface area contributed by atoms with Crippen LogP contribution in [0, 0.1) is 11.8 Å². The topological polar surface area (TPSA) is 96.3 Å². The number of carbonyl (C=O) groups is 2. The van der Waals surface area contributed by atoms with E-state index in [4.69, 9.17) is 9.47 Å². The number of rotatable bonds is 4. The third kappa shape index (κ3) is 4.46. The number of aliphatic hydroxyl groups excluding tert-OH is 2. The van der Waals surface area contributed by atoms with Crippen LogP contribution in [0.2, 0.25) is 0 Å². The summed E-state index contributed by atoms with van der Waals surface area (Å²) in [6, 6.07) is -0.803. The van der Waals surface area contributed by atoms with Gasteiger partial charge in [0.05, 0.1) is 6.10 Å². The Morgan fingerprint density at radius 1 is 1.29 bits per heavy atom. The van der Waals surface area contributed by atoms with Gasteiger partial charge in [0.25, 0.3) is 0 Å². The number of amides is 1. The molecule has 0 aromatic rings. The number of aliphatic hydroxyl groups is 2. The molecule has 0 spiro atoms. The van der Waals surface area contributed by atoms with Gasteiger partial charge >= 0.3 is 6.09 Å². The second-order valence-electron chi connectivity index (χ2n) is 7.70. The molecule has 0 aromatic carbocycles. The maximum Gasteiger partial charge on any atom is 0.411 e.